The molecule has 1 saturated heterocycles. The van der Waals surface area contributed by atoms with E-state index in [0.29, 0.717) is 4.90 Å². The third-order valence-electron chi connectivity index (χ3n) is 4.51. The smallest absolute Gasteiger partial charge is 0.331 e. The van der Waals surface area contributed by atoms with Crippen molar-refractivity contribution in [2.75, 3.05) is 0 Å². The van der Waals surface area contributed by atoms with Crippen molar-refractivity contribution in [2.45, 2.75) is 78.0 Å². The van der Waals surface area contributed by atoms with E-state index < -0.39 is 21.6 Å². The van der Waals surface area contributed by atoms with Gasteiger partial charge in [-0.2, -0.15) is 4.31 Å². The van der Waals surface area contributed by atoms with Gasteiger partial charge in [-0.05, 0) is 58.6 Å². The number of ether oxygens (including phenoxy) is 1. The Bertz CT molecular complexity index is 840. The molecular formula is C21H31NO4S. The standard InChI is InChI=1S/C21H31NO4S/c1-13(2)19-17(9-10-18(23)26-21(6,7)8)22(19)27(24,25)20-15(4)11-14(3)12-16(20)5/h9-13,17,19H,1-8H3/b10-9-/t17-,19-,22?/m0/s1. The lowest BCUT2D eigenvalue weighted by Gasteiger charge is -2.17. The molecule has 1 heterocycles. The van der Waals surface area contributed by atoms with Gasteiger partial charge in [-0.3, -0.25) is 0 Å². The van der Waals surface area contributed by atoms with Gasteiger partial charge in [0.1, 0.15) is 5.60 Å². The van der Waals surface area contributed by atoms with Gasteiger partial charge in [0, 0.05) is 12.1 Å². The van der Waals surface area contributed by atoms with Crippen LogP contribution >= 0.6 is 0 Å². The highest BCUT2D eigenvalue weighted by Gasteiger charge is 2.55. The molecule has 0 amide bonds. The molecule has 1 aliphatic rings. The Kier molecular flexibility index (Phi) is 5.93. The van der Waals surface area contributed by atoms with Crippen LogP contribution in [0.3, 0.4) is 0 Å². The average molecular weight is 394 g/mol. The van der Waals surface area contributed by atoms with Crippen molar-refractivity contribution in [1.29, 1.82) is 0 Å². The van der Waals surface area contributed by atoms with Gasteiger partial charge >= 0.3 is 5.97 Å². The molecule has 0 aromatic heterocycles. The molecule has 1 unspecified atom stereocenters. The molecule has 0 radical (unpaired) electrons. The van der Waals surface area contributed by atoms with E-state index in [1.807, 2.05) is 46.8 Å². The second kappa shape index (κ2) is 7.40. The fourth-order valence-electron chi connectivity index (χ4n) is 3.65. The van der Waals surface area contributed by atoms with Crippen LogP contribution in [0.4, 0.5) is 0 Å². The van der Waals surface area contributed by atoms with E-state index in [-0.39, 0.29) is 18.0 Å². The van der Waals surface area contributed by atoms with E-state index in [4.69, 9.17) is 4.74 Å². The third kappa shape index (κ3) is 4.79. The fourth-order valence-corrected chi connectivity index (χ4v) is 5.94. The number of rotatable bonds is 5. The number of benzene rings is 1. The van der Waals surface area contributed by atoms with Crippen LogP contribution in [0.5, 0.6) is 0 Å². The largest absolute Gasteiger partial charge is 0.457 e. The number of hydrogen-bond donors (Lipinski definition) is 0. The molecule has 27 heavy (non-hydrogen) atoms. The molecule has 2 rings (SSSR count). The van der Waals surface area contributed by atoms with Gasteiger partial charge < -0.3 is 4.74 Å². The summed E-state index contributed by atoms with van der Waals surface area (Å²) in [7, 11) is -3.64. The van der Waals surface area contributed by atoms with Gasteiger partial charge in [0.25, 0.3) is 0 Å². The van der Waals surface area contributed by atoms with E-state index in [1.54, 1.807) is 26.8 Å². The first kappa shape index (κ1) is 21.6. The number of hydrogen-bond acceptors (Lipinski definition) is 4. The molecule has 5 nitrogen and oxygen atoms in total. The summed E-state index contributed by atoms with van der Waals surface area (Å²) >= 11 is 0. The molecule has 0 saturated carbocycles. The predicted molar refractivity (Wildman–Crippen MR) is 107 cm³/mol. The van der Waals surface area contributed by atoms with E-state index >= 15 is 0 Å². The highest BCUT2D eigenvalue weighted by Crippen LogP contribution is 2.42. The third-order valence-corrected chi connectivity index (χ3v) is 6.71. The summed E-state index contributed by atoms with van der Waals surface area (Å²) in [5.41, 5.74) is 1.95. The van der Waals surface area contributed by atoms with E-state index in [9.17, 15) is 13.2 Å². The van der Waals surface area contributed by atoms with Crippen LogP contribution in [-0.4, -0.2) is 36.4 Å². The van der Waals surface area contributed by atoms with Crippen LogP contribution in [0.25, 0.3) is 0 Å². The minimum atomic E-state index is -3.64. The minimum Gasteiger partial charge on any atom is -0.457 e. The number of nitrogens with zero attached hydrogens (tertiary/aromatic N) is 1. The zero-order chi connectivity index (χ0) is 20.7. The maximum Gasteiger partial charge on any atom is 0.331 e. The Morgan fingerprint density at radius 3 is 2.11 bits per heavy atom. The molecule has 0 aliphatic carbocycles. The van der Waals surface area contributed by atoms with Crippen LogP contribution in [0.2, 0.25) is 0 Å². The van der Waals surface area contributed by atoms with Crippen molar-refractivity contribution >= 4 is 16.0 Å². The quantitative estimate of drug-likeness (QED) is 0.432. The Balaban J connectivity index is 2.32. The normalized spacial score (nSPS) is 23.1. The fraction of sp³-hybridized carbons (Fsp3) is 0.571. The summed E-state index contributed by atoms with van der Waals surface area (Å²) in [6.45, 7) is 15.0. The van der Waals surface area contributed by atoms with Gasteiger partial charge in [0.15, 0.2) is 0 Å². The average Bonchev–Trinajstić information content (AvgIpc) is 3.17. The van der Waals surface area contributed by atoms with Gasteiger partial charge in [-0.1, -0.05) is 37.6 Å². The van der Waals surface area contributed by atoms with Gasteiger partial charge in [0.05, 0.1) is 10.9 Å². The molecule has 0 spiro atoms. The maximum atomic E-state index is 13.3. The van der Waals surface area contributed by atoms with Crippen LogP contribution in [-0.2, 0) is 19.6 Å². The number of esters is 1. The molecule has 1 aromatic rings. The number of carbonyl (C=O) groups is 1. The predicted octanol–water partition coefficient (Wildman–Crippen LogP) is 3.91. The summed E-state index contributed by atoms with van der Waals surface area (Å²) in [5, 5.41) is 0. The first-order chi connectivity index (χ1) is 12.3. The van der Waals surface area contributed by atoms with Crippen LogP contribution < -0.4 is 0 Å². The monoisotopic (exact) mass is 393 g/mol. The second-order valence-corrected chi connectivity index (χ2v) is 10.5. The van der Waals surface area contributed by atoms with Gasteiger partial charge in [0.2, 0.25) is 10.0 Å². The molecule has 0 N–H and O–H groups in total. The van der Waals surface area contributed by atoms with E-state index in [2.05, 4.69) is 0 Å². The Labute approximate surface area is 163 Å². The SMILES string of the molecule is Cc1cc(C)c(S(=O)(=O)N2[C@@H](/C=C\C(=O)OC(C)(C)C)[C@@H]2C(C)C)c(C)c1. The first-order valence-electron chi connectivity index (χ1n) is 9.28. The summed E-state index contributed by atoms with van der Waals surface area (Å²) in [6.07, 6.45) is 2.99. The summed E-state index contributed by atoms with van der Waals surface area (Å²) in [5.74, 6) is -0.323. The van der Waals surface area contributed by atoms with Crippen molar-refractivity contribution in [3.05, 3.63) is 41.0 Å². The first-order valence-corrected chi connectivity index (χ1v) is 10.7. The zero-order valence-corrected chi connectivity index (χ0v) is 18.3. The van der Waals surface area contributed by atoms with Crippen molar-refractivity contribution in [2.24, 2.45) is 5.92 Å². The van der Waals surface area contributed by atoms with Crippen molar-refractivity contribution < 1.29 is 17.9 Å². The summed E-state index contributed by atoms with van der Waals surface area (Å²) < 4.78 is 33.4. The lowest BCUT2D eigenvalue weighted by Crippen LogP contribution is -2.22. The second-order valence-electron chi connectivity index (χ2n) is 8.68. The lowest BCUT2D eigenvalue weighted by molar-refractivity contribution is -0.148. The Morgan fingerprint density at radius 1 is 1.15 bits per heavy atom. The van der Waals surface area contributed by atoms with Crippen LogP contribution in [0.1, 0.15) is 51.3 Å². The Hall–Kier alpha value is -1.66. The summed E-state index contributed by atoms with van der Waals surface area (Å²) in [6, 6.07) is 3.29. The number of aryl methyl sites for hydroxylation is 3. The van der Waals surface area contributed by atoms with Crippen molar-refractivity contribution in [1.82, 2.24) is 4.31 Å². The molecule has 150 valence electrons. The molecular weight excluding hydrogens is 362 g/mol. The Morgan fingerprint density at radius 2 is 1.67 bits per heavy atom. The highest BCUT2D eigenvalue weighted by atomic mass is 32.2. The lowest BCUT2D eigenvalue weighted by atomic mass is 10.1. The zero-order valence-electron chi connectivity index (χ0n) is 17.5. The minimum absolute atomic E-state index is 0.138. The molecule has 1 fully saturated rings. The van der Waals surface area contributed by atoms with Crippen LogP contribution in [0, 0.1) is 26.7 Å². The molecule has 1 aromatic carbocycles. The molecule has 0 bridgehead atoms. The van der Waals surface area contributed by atoms with E-state index in [1.165, 1.54) is 10.4 Å². The molecule has 6 heteroatoms. The molecule has 1 aliphatic heterocycles. The number of sulfonamides is 1. The van der Waals surface area contributed by atoms with Gasteiger partial charge in [-0.15, -0.1) is 0 Å². The van der Waals surface area contributed by atoms with Crippen molar-refractivity contribution in [3.8, 4) is 0 Å². The highest BCUT2D eigenvalue weighted by molar-refractivity contribution is 7.89. The maximum absolute atomic E-state index is 13.3. The summed E-state index contributed by atoms with van der Waals surface area (Å²) in [4.78, 5) is 12.3. The van der Waals surface area contributed by atoms with E-state index in [0.717, 1.165) is 16.7 Å². The molecule has 3 atom stereocenters. The van der Waals surface area contributed by atoms with Crippen LogP contribution in [0.15, 0.2) is 29.2 Å². The topological polar surface area (TPSA) is 63.5 Å². The number of carbonyl (C=O) groups excluding carboxylic acids is 1. The van der Waals surface area contributed by atoms with Crippen molar-refractivity contribution in [3.63, 3.8) is 0 Å². The van der Waals surface area contributed by atoms with Gasteiger partial charge in [-0.25, -0.2) is 13.2 Å².